The fourth-order valence-corrected chi connectivity index (χ4v) is 7.35. The maximum atomic E-state index is 6.00. The number of rotatable bonds is 3. The number of hydrogen-bond donors (Lipinski definition) is 1. The Bertz CT molecular complexity index is 225. The first-order valence-electron chi connectivity index (χ1n) is 8.06. The Balaban J connectivity index is 0.000000200. The lowest BCUT2D eigenvalue weighted by atomic mass is 10.3. The summed E-state index contributed by atoms with van der Waals surface area (Å²) in [7, 11) is -2.05. The summed E-state index contributed by atoms with van der Waals surface area (Å²) in [5, 5.41) is 0. The van der Waals surface area contributed by atoms with Gasteiger partial charge >= 0.3 is 0 Å². The molecule has 2 atom stereocenters. The van der Waals surface area contributed by atoms with E-state index < -0.39 is 17.4 Å². The van der Waals surface area contributed by atoms with Crippen molar-refractivity contribution in [2.45, 2.75) is 76.3 Å². The van der Waals surface area contributed by atoms with Crippen LogP contribution >= 0.6 is 0 Å². The molecule has 2 aliphatic rings. The third-order valence-electron chi connectivity index (χ3n) is 3.98. The summed E-state index contributed by atoms with van der Waals surface area (Å²) in [6, 6.07) is 2.67. The predicted octanol–water partition coefficient (Wildman–Crippen LogP) is 3.19. The molecule has 2 rings (SSSR count). The summed E-state index contributed by atoms with van der Waals surface area (Å²) in [4.78, 5) is 0. The van der Waals surface area contributed by atoms with Crippen LogP contribution in [0.25, 0.3) is 0 Å². The Labute approximate surface area is 122 Å². The third-order valence-corrected chi connectivity index (χ3v) is 9.45. The van der Waals surface area contributed by atoms with Crippen LogP contribution in [0, 0.1) is 0 Å². The van der Waals surface area contributed by atoms with E-state index in [1.54, 1.807) is 0 Å². The molecule has 2 aliphatic heterocycles. The van der Waals surface area contributed by atoms with Gasteiger partial charge < -0.3 is 14.6 Å². The molecule has 0 aromatic rings. The lowest BCUT2D eigenvalue weighted by Crippen LogP contribution is -2.42. The standard InChI is InChI=1S/C8H19NOSi.C6H14OSi/c1-2-5-8(9)11-7-4-3-6-10-11;1-8(2)6-4-3-5-7-8/h8,11H,2-7,9H2,1H3;3-6H2,1-2H3. The average Bonchev–Trinajstić information content (AvgIpc) is 2.40. The highest BCUT2D eigenvalue weighted by Gasteiger charge is 2.24. The van der Waals surface area contributed by atoms with Crippen molar-refractivity contribution in [2.24, 2.45) is 5.73 Å². The van der Waals surface area contributed by atoms with Crippen molar-refractivity contribution >= 4 is 17.4 Å². The molecule has 114 valence electrons. The van der Waals surface area contributed by atoms with E-state index in [0.29, 0.717) is 5.67 Å². The SMILES string of the molecule is CCCC(N)[SiH]1CCCCO1.C[Si]1(C)CCCCO1. The van der Waals surface area contributed by atoms with Crippen LogP contribution < -0.4 is 5.73 Å². The van der Waals surface area contributed by atoms with Crippen LogP contribution in [0.2, 0.25) is 25.2 Å². The largest absolute Gasteiger partial charge is 0.418 e. The molecule has 19 heavy (non-hydrogen) atoms. The zero-order chi connectivity index (χ0) is 14.1. The Hall–Kier alpha value is 0.314. The van der Waals surface area contributed by atoms with E-state index in [0.717, 1.165) is 19.6 Å². The lowest BCUT2D eigenvalue weighted by molar-refractivity contribution is 0.275. The fraction of sp³-hybridized carbons (Fsp3) is 1.00. The van der Waals surface area contributed by atoms with Gasteiger partial charge in [0.1, 0.15) is 0 Å². The van der Waals surface area contributed by atoms with Crippen molar-refractivity contribution in [2.75, 3.05) is 13.2 Å². The summed E-state index contributed by atoms with van der Waals surface area (Å²) in [5.41, 5.74) is 6.41. The van der Waals surface area contributed by atoms with Crippen molar-refractivity contribution < 1.29 is 8.85 Å². The van der Waals surface area contributed by atoms with E-state index in [4.69, 9.17) is 14.6 Å². The summed E-state index contributed by atoms with van der Waals surface area (Å²) in [6.07, 6.45) is 7.66. The van der Waals surface area contributed by atoms with Gasteiger partial charge in [-0.25, -0.2) is 0 Å². The first kappa shape index (κ1) is 17.4. The van der Waals surface area contributed by atoms with Crippen LogP contribution in [0.5, 0.6) is 0 Å². The molecular formula is C14H33NO2Si2. The fourth-order valence-electron chi connectivity index (χ4n) is 2.70. The molecule has 3 nitrogen and oxygen atoms in total. The zero-order valence-electron chi connectivity index (χ0n) is 13.1. The Morgan fingerprint density at radius 3 is 2.32 bits per heavy atom. The van der Waals surface area contributed by atoms with Gasteiger partial charge in [-0.1, -0.05) is 26.2 Å². The minimum Gasteiger partial charge on any atom is -0.418 e. The van der Waals surface area contributed by atoms with Crippen LogP contribution in [0.1, 0.15) is 45.4 Å². The number of hydrogen-bond acceptors (Lipinski definition) is 3. The summed E-state index contributed by atoms with van der Waals surface area (Å²) in [6.45, 7) is 8.79. The highest BCUT2D eigenvalue weighted by molar-refractivity contribution is 6.71. The molecule has 5 heteroatoms. The predicted molar refractivity (Wildman–Crippen MR) is 87.5 cm³/mol. The first-order valence-corrected chi connectivity index (χ1v) is 13.1. The molecule has 0 spiro atoms. The zero-order valence-corrected chi connectivity index (χ0v) is 15.3. The third kappa shape index (κ3) is 7.61. The smallest absolute Gasteiger partial charge is 0.193 e. The highest BCUT2D eigenvalue weighted by atomic mass is 28.4. The molecule has 0 bridgehead atoms. The van der Waals surface area contributed by atoms with E-state index in [2.05, 4.69) is 20.0 Å². The molecule has 2 fully saturated rings. The molecule has 2 saturated heterocycles. The minimum absolute atomic E-state index is 0.417. The number of nitrogens with two attached hydrogens (primary N) is 1. The second-order valence-corrected chi connectivity index (χ2v) is 13.6. The molecule has 0 saturated carbocycles. The van der Waals surface area contributed by atoms with Gasteiger partial charge in [0.25, 0.3) is 0 Å². The van der Waals surface area contributed by atoms with Gasteiger partial charge in [-0.15, -0.1) is 0 Å². The van der Waals surface area contributed by atoms with E-state index in [1.807, 2.05) is 0 Å². The van der Waals surface area contributed by atoms with Gasteiger partial charge in [0.2, 0.25) is 0 Å². The molecule has 2 heterocycles. The Morgan fingerprint density at radius 1 is 1.16 bits per heavy atom. The molecular weight excluding hydrogens is 270 g/mol. The lowest BCUT2D eigenvalue weighted by Gasteiger charge is -2.27. The maximum Gasteiger partial charge on any atom is 0.193 e. The Morgan fingerprint density at radius 2 is 1.89 bits per heavy atom. The van der Waals surface area contributed by atoms with E-state index in [1.165, 1.54) is 44.2 Å². The average molecular weight is 304 g/mol. The second-order valence-electron chi connectivity index (χ2n) is 6.42. The van der Waals surface area contributed by atoms with Crippen molar-refractivity contribution in [3.8, 4) is 0 Å². The molecule has 0 aromatic carbocycles. The van der Waals surface area contributed by atoms with Crippen LogP contribution in [-0.4, -0.2) is 36.2 Å². The molecule has 0 amide bonds. The molecule has 2 unspecified atom stereocenters. The maximum absolute atomic E-state index is 6.00. The van der Waals surface area contributed by atoms with Gasteiger partial charge in [0.05, 0.1) is 0 Å². The first-order chi connectivity index (χ1) is 9.05. The molecule has 0 radical (unpaired) electrons. The van der Waals surface area contributed by atoms with E-state index in [9.17, 15) is 0 Å². The van der Waals surface area contributed by atoms with Gasteiger partial charge in [0.15, 0.2) is 17.4 Å². The molecule has 2 N–H and O–H groups in total. The summed E-state index contributed by atoms with van der Waals surface area (Å²) >= 11 is 0. The van der Waals surface area contributed by atoms with E-state index in [-0.39, 0.29) is 0 Å². The molecule has 0 aliphatic carbocycles. The van der Waals surface area contributed by atoms with Crippen LogP contribution in [0.15, 0.2) is 0 Å². The normalized spacial score (nSPS) is 28.1. The second kappa shape index (κ2) is 9.29. The Kier molecular flexibility index (Phi) is 8.49. The van der Waals surface area contributed by atoms with Crippen LogP contribution in [-0.2, 0) is 8.85 Å². The summed E-state index contributed by atoms with van der Waals surface area (Å²) < 4.78 is 11.3. The van der Waals surface area contributed by atoms with Gasteiger partial charge in [-0.2, -0.15) is 0 Å². The van der Waals surface area contributed by atoms with Crippen molar-refractivity contribution in [1.82, 2.24) is 0 Å². The van der Waals surface area contributed by atoms with Gasteiger partial charge in [-0.3, -0.25) is 0 Å². The van der Waals surface area contributed by atoms with Crippen LogP contribution in [0.4, 0.5) is 0 Å². The van der Waals surface area contributed by atoms with Gasteiger partial charge in [-0.05, 0) is 44.4 Å². The monoisotopic (exact) mass is 303 g/mol. The van der Waals surface area contributed by atoms with E-state index >= 15 is 0 Å². The van der Waals surface area contributed by atoms with Crippen molar-refractivity contribution in [3.05, 3.63) is 0 Å². The topological polar surface area (TPSA) is 44.5 Å². The van der Waals surface area contributed by atoms with Crippen molar-refractivity contribution in [3.63, 3.8) is 0 Å². The van der Waals surface area contributed by atoms with Crippen LogP contribution in [0.3, 0.4) is 0 Å². The highest BCUT2D eigenvalue weighted by Crippen LogP contribution is 2.20. The molecule has 0 aromatic heterocycles. The summed E-state index contributed by atoms with van der Waals surface area (Å²) in [5.74, 6) is 0. The minimum atomic E-state index is -1.09. The van der Waals surface area contributed by atoms with Crippen molar-refractivity contribution in [1.29, 1.82) is 0 Å². The van der Waals surface area contributed by atoms with Gasteiger partial charge in [0, 0.05) is 18.9 Å². The quantitative estimate of drug-likeness (QED) is 0.814.